The first kappa shape index (κ1) is 14.9. The van der Waals surface area contributed by atoms with Gasteiger partial charge >= 0.3 is 0 Å². The van der Waals surface area contributed by atoms with Crippen LogP contribution in [0.4, 0.5) is 11.4 Å². The molecule has 2 atom stereocenters. The van der Waals surface area contributed by atoms with Crippen molar-refractivity contribution in [2.75, 3.05) is 24.1 Å². The number of nitrogens with two attached hydrogens (primary N) is 1. The number of hydrogen-bond acceptors (Lipinski definition) is 3. The summed E-state index contributed by atoms with van der Waals surface area (Å²) in [6.45, 7) is 7.86. The van der Waals surface area contributed by atoms with Crippen molar-refractivity contribution in [2.45, 2.75) is 39.7 Å². The molecule has 0 aromatic heterocycles. The number of carbonyl (C=O) groups excluding carboxylic acids is 1. The molecule has 2 rings (SSSR count). The number of benzene rings is 1. The summed E-state index contributed by atoms with van der Waals surface area (Å²) < 4.78 is 0. The third-order valence-corrected chi connectivity index (χ3v) is 4.16. The van der Waals surface area contributed by atoms with Crippen LogP contribution in [0.3, 0.4) is 0 Å². The van der Waals surface area contributed by atoms with Crippen LogP contribution < -0.4 is 11.1 Å². The predicted molar refractivity (Wildman–Crippen MR) is 83.7 cm³/mol. The molecule has 0 radical (unpaired) electrons. The summed E-state index contributed by atoms with van der Waals surface area (Å²) >= 11 is 0. The Kier molecular flexibility index (Phi) is 4.65. The van der Waals surface area contributed by atoms with E-state index in [9.17, 15) is 4.79 Å². The molecule has 1 aromatic carbocycles. The van der Waals surface area contributed by atoms with E-state index in [1.165, 1.54) is 12.8 Å². The van der Waals surface area contributed by atoms with Gasteiger partial charge in [-0.25, -0.2) is 0 Å². The van der Waals surface area contributed by atoms with Crippen molar-refractivity contribution < 1.29 is 4.79 Å². The van der Waals surface area contributed by atoms with E-state index in [-0.39, 0.29) is 5.91 Å². The Balaban J connectivity index is 1.93. The minimum Gasteiger partial charge on any atom is -0.398 e. The van der Waals surface area contributed by atoms with Gasteiger partial charge in [-0.3, -0.25) is 9.69 Å². The Labute approximate surface area is 121 Å². The number of rotatable bonds is 3. The molecule has 20 heavy (non-hydrogen) atoms. The molecule has 4 heteroatoms. The third-order valence-electron chi connectivity index (χ3n) is 4.16. The maximum atomic E-state index is 12.1. The first-order valence-corrected chi connectivity index (χ1v) is 7.35. The lowest BCUT2D eigenvalue weighted by Crippen LogP contribution is -2.45. The van der Waals surface area contributed by atoms with Gasteiger partial charge in [-0.1, -0.05) is 13.0 Å². The summed E-state index contributed by atoms with van der Waals surface area (Å²) in [5.41, 5.74) is 8.37. The largest absolute Gasteiger partial charge is 0.398 e. The molecule has 1 heterocycles. The van der Waals surface area contributed by atoms with Crippen molar-refractivity contribution in [1.82, 2.24) is 4.90 Å². The number of nitrogen functional groups attached to an aromatic ring is 1. The monoisotopic (exact) mass is 275 g/mol. The van der Waals surface area contributed by atoms with Crippen molar-refractivity contribution in [1.29, 1.82) is 0 Å². The Hall–Kier alpha value is -1.55. The highest BCUT2D eigenvalue weighted by atomic mass is 16.2. The number of aryl methyl sites for hydroxylation is 1. The molecular formula is C16H25N3O. The molecule has 1 saturated heterocycles. The van der Waals surface area contributed by atoms with Crippen molar-refractivity contribution in [2.24, 2.45) is 5.92 Å². The second kappa shape index (κ2) is 6.27. The van der Waals surface area contributed by atoms with E-state index in [4.69, 9.17) is 5.73 Å². The number of piperidine rings is 1. The summed E-state index contributed by atoms with van der Waals surface area (Å²) in [7, 11) is 0. The highest BCUT2D eigenvalue weighted by Crippen LogP contribution is 2.21. The van der Waals surface area contributed by atoms with Gasteiger partial charge in [0.05, 0.1) is 6.54 Å². The molecule has 1 amide bonds. The van der Waals surface area contributed by atoms with Gasteiger partial charge in [-0.05, 0) is 50.3 Å². The molecular weight excluding hydrogens is 250 g/mol. The maximum absolute atomic E-state index is 12.1. The van der Waals surface area contributed by atoms with E-state index in [0.29, 0.717) is 24.2 Å². The predicted octanol–water partition coefficient (Wildman–Crippen LogP) is 2.64. The number of nitrogens with zero attached hydrogens (tertiary/aromatic N) is 1. The Morgan fingerprint density at radius 1 is 1.40 bits per heavy atom. The molecule has 0 spiro atoms. The molecule has 4 nitrogen and oxygen atoms in total. The van der Waals surface area contributed by atoms with Crippen LogP contribution in [0.2, 0.25) is 0 Å². The van der Waals surface area contributed by atoms with Gasteiger partial charge in [0, 0.05) is 24.0 Å². The number of hydrogen-bond donors (Lipinski definition) is 2. The Bertz CT molecular complexity index is 487. The molecule has 110 valence electrons. The molecule has 0 bridgehead atoms. The fraction of sp³-hybridized carbons (Fsp3) is 0.562. The number of carbonyl (C=O) groups is 1. The van der Waals surface area contributed by atoms with Gasteiger partial charge in [-0.2, -0.15) is 0 Å². The molecule has 3 N–H and O–H groups in total. The fourth-order valence-electron chi connectivity index (χ4n) is 2.70. The van der Waals surface area contributed by atoms with E-state index in [2.05, 4.69) is 24.1 Å². The van der Waals surface area contributed by atoms with Gasteiger partial charge in [0.1, 0.15) is 0 Å². The molecule has 0 aliphatic carbocycles. The summed E-state index contributed by atoms with van der Waals surface area (Å²) in [6, 6.07) is 6.12. The average molecular weight is 275 g/mol. The van der Waals surface area contributed by atoms with Crippen LogP contribution in [-0.2, 0) is 4.79 Å². The second-order valence-corrected chi connectivity index (χ2v) is 6.08. The summed E-state index contributed by atoms with van der Waals surface area (Å²) in [5, 5.41) is 2.93. The van der Waals surface area contributed by atoms with Gasteiger partial charge in [0.2, 0.25) is 5.91 Å². The molecule has 2 unspecified atom stereocenters. The number of amides is 1. The van der Waals surface area contributed by atoms with Crippen molar-refractivity contribution in [3.63, 3.8) is 0 Å². The quantitative estimate of drug-likeness (QED) is 0.834. The van der Waals surface area contributed by atoms with Crippen molar-refractivity contribution in [3.8, 4) is 0 Å². The SMILES string of the molecule is Cc1ccc(NC(=O)CN2CC(C)CCC2C)cc1N. The third kappa shape index (κ3) is 3.73. The van der Waals surface area contributed by atoms with Crippen molar-refractivity contribution in [3.05, 3.63) is 23.8 Å². The van der Waals surface area contributed by atoms with Crippen molar-refractivity contribution >= 4 is 17.3 Å². The second-order valence-electron chi connectivity index (χ2n) is 6.08. The highest BCUT2D eigenvalue weighted by molar-refractivity contribution is 5.92. The lowest BCUT2D eigenvalue weighted by atomic mass is 9.95. The summed E-state index contributed by atoms with van der Waals surface area (Å²) in [4.78, 5) is 14.4. The van der Waals surface area contributed by atoms with E-state index < -0.39 is 0 Å². The first-order valence-electron chi connectivity index (χ1n) is 7.35. The van der Waals surface area contributed by atoms with Crippen LogP contribution >= 0.6 is 0 Å². The average Bonchev–Trinajstić information content (AvgIpc) is 2.38. The van der Waals surface area contributed by atoms with Crippen LogP contribution in [0.15, 0.2) is 18.2 Å². The lowest BCUT2D eigenvalue weighted by Gasteiger charge is -2.36. The number of nitrogens with one attached hydrogen (secondary N) is 1. The summed E-state index contributed by atoms with van der Waals surface area (Å²) in [5.74, 6) is 0.711. The molecule has 1 fully saturated rings. The van der Waals surface area contributed by atoms with E-state index in [1.807, 2.05) is 25.1 Å². The Morgan fingerprint density at radius 2 is 2.15 bits per heavy atom. The zero-order valence-electron chi connectivity index (χ0n) is 12.6. The zero-order chi connectivity index (χ0) is 14.7. The summed E-state index contributed by atoms with van der Waals surface area (Å²) in [6.07, 6.45) is 2.43. The van der Waals surface area contributed by atoms with Crippen LogP contribution in [0.25, 0.3) is 0 Å². The van der Waals surface area contributed by atoms with Crippen LogP contribution in [0.1, 0.15) is 32.3 Å². The number of anilines is 2. The van der Waals surface area contributed by atoms with Crippen LogP contribution in [-0.4, -0.2) is 29.9 Å². The smallest absolute Gasteiger partial charge is 0.238 e. The standard InChI is InChI=1S/C16H25N3O/c1-11-4-6-13(3)19(9-11)10-16(20)18-14-7-5-12(2)15(17)8-14/h5,7-8,11,13H,4,6,9-10,17H2,1-3H3,(H,18,20). The van der Waals surface area contributed by atoms with Gasteiger partial charge in [-0.15, -0.1) is 0 Å². The first-order chi connectivity index (χ1) is 9.45. The van der Waals surface area contributed by atoms with Gasteiger partial charge in [0.25, 0.3) is 0 Å². The maximum Gasteiger partial charge on any atom is 0.238 e. The Morgan fingerprint density at radius 3 is 2.85 bits per heavy atom. The highest BCUT2D eigenvalue weighted by Gasteiger charge is 2.24. The minimum atomic E-state index is 0.0363. The van der Waals surface area contributed by atoms with Gasteiger partial charge in [0.15, 0.2) is 0 Å². The molecule has 0 saturated carbocycles. The normalized spacial score (nSPS) is 23.6. The van der Waals surface area contributed by atoms with E-state index in [1.54, 1.807) is 0 Å². The molecule has 1 aliphatic heterocycles. The van der Waals surface area contributed by atoms with E-state index in [0.717, 1.165) is 17.8 Å². The number of likely N-dealkylation sites (tertiary alicyclic amines) is 1. The lowest BCUT2D eigenvalue weighted by molar-refractivity contribution is -0.118. The van der Waals surface area contributed by atoms with Crippen LogP contribution in [0, 0.1) is 12.8 Å². The molecule has 1 aliphatic rings. The topological polar surface area (TPSA) is 58.4 Å². The van der Waals surface area contributed by atoms with Crippen LogP contribution in [0.5, 0.6) is 0 Å². The van der Waals surface area contributed by atoms with Gasteiger partial charge < -0.3 is 11.1 Å². The minimum absolute atomic E-state index is 0.0363. The van der Waals surface area contributed by atoms with E-state index >= 15 is 0 Å². The molecule has 1 aromatic rings. The fourth-order valence-corrected chi connectivity index (χ4v) is 2.70. The zero-order valence-corrected chi connectivity index (χ0v) is 12.6.